The normalized spacial score (nSPS) is 12.7. The predicted octanol–water partition coefficient (Wildman–Crippen LogP) is 0.501. The van der Waals surface area contributed by atoms with E-state index in [1.165, 1.54) is 0 Å². The van der Waals surface area contributed by atoms with Crippen molar-refractivity contribution in [2.24, 2.45) is 11.8 Å². The zero-order valence-corrected chi connectivity index (χ0v) is 7.33. The number of hydrogen-bond acceptors (Lipinski definition) is 3. The van der Waals surface area contributed by atoms with Gasteiger partial charge in [0, 0.05) is 5.92 Å². The predicted molar refractivity (Wildman–Crippen MR) is 41.7 cm³/mol. The molecule has 0 aromatic rings. The van der Waals surface area contributed by atoms with Crippen LogP contribution >= 0.6 is 0 Å². The second kappa shape index (κ2) is 3.99. The van der Waals surface area contributed by atoms with Crippen molar-refractivity contribution in [1.29, 1.82) is 0 Å². The summed E-state index contributed by atoms with van der Waals surface area (Å²) in [5, 5.41) is 8.52. The lowest BCUT2D eigenvalue weighted by Gasteiger charge is -2.09. The molecule has 4 nitrogen and oxygen atoms in total. The molecule has 1 N–H and O–H groups in total. The Morgan fingerprint density at radius 1 is 1.17 bits per heavy atom. The number of carboxylic acids is 1. The first kappa shape index (κ1) is 10.8. The van der Waals surface area contributed by atoms with Crippen molar-refractivity contribution in [3.63, 3.8) is 0 Å². The molecule has 0 radical (unpaired) electrons. The number of carbonyl (C=O) groups is 3. The molecule has 0 aromatic heterocycles. The number of carboxylic acid groups (broad SMARTS) is 1. The van der Waals surface area contributed by atoms with Gasteiger partial charge in [-0.05, 0) is 6.92 Å². The fraction of sp³-hybridized carbons (Fsp3) is 0.625. The zero-order valence-electron chi connectivity index (χ0n) is 7.33. The Bertz CT molecular complexity index is 203. The summed E-state index contributed by atoms with van der Waals surface area (Å²) in [6.45, 7) is 4.25. The zero-order chi connectivity index (χ0) is 9.89. The van der Waals surface area contributed by atoms with Crippen LogP contribution < -0.4 is 0 Å². The highest BCUT2D eigenvalue weighted by Crippen LogP contribution is 2.08. The number of aliphatic carboxylic acids is 1. The maximum atomic E-state index is 11.1. The highest BCUT2D eigenvalue weighted by molar-refractivity contribution is 6.16. The van der Waals surface area contributed by atoms with Crippen LogP contribution in [0, 0.1) is 11.8 Å². The second-order valence-corrected chi connectivity index (χ2v) is 2.94. The third-order valence-electron chi connectivity index (χ3n) is 1.51. The fourth-order valence-corrected chi connectivity index (χ4v) is 0.829. The van der Waals surface area contributed by atoms with Crippen molar-refractivity contribution in [3.05, 3.63) is 0 Å². The Balaban J connectivity index is 4.64. The molecule has 0 amide bonds. The first-order valence-corrected chi connectivity index (χ1v) is 3.65. The summed E-state index contributed by atoms with van der Waals surface area (Å²) in [7, 11) is 0. The summed E-state index contributed by atoms with van der Waals surface area (Å²) in [6, 6.07) is 0. The van der Waals surface area contributed by atoms with Crippen LogP contribution in [0.3, 0.4) is 0 Å². The molecule has 12 heavy (non-hydrogen) atoms. The van der Waals surface area contributed by atoms with Crippen LogP contribution in [0.1, 0.15) is 20.8 Å². The number of Topliss-reactive ketones (excluding diaryl/α,β-unsaturated/α-hetero) is 2. The minimum absolute atomic E-state index is 0.421. The lowest BCUT2D eigenvalue weighted by molar-refractivity contribution is -0.150. The van der Waals surface area contributed by atoms with Crippen molar-refractivity contribution in [2.45, 2.75) is 20.8 Å². The molecule has 0 bridgehead atoms. The SMILES string of the molecule is CC(=O)C(C(=O)O)C(=O)C(C)C. The summed E-state index contributed by atoms with van der Waals surface area (Å²) >= 11 is 0. The molecule has 0 aromatic carbocycles. The number of carbonyl (C=O) groups excluding carboxylic acids is 2. The van der Waals surface area contributed by atoms with Gasteiger partial charge in [0.2, 0.25) is 0 Å². The molecule has 1 atom stereocenters. The van der Waals surface area contributed by atoms with Gasteiger partial charge in [-0.25, -0.2) is 0 Å². The minimum Gasteiger partial charge on any atom is -0.480 e. The third-order valence-corrected chi connectivity index (χ3v) is 1.51. The Morgan fingerprint density at radius 2 is 1.58 bits per heavy atom. The molecule has 0 aliphatic heterocycles. The lowest BCUT2D eigenvalue weighted by Crippen LogP contribution is -2.32. The molecular formula is C8H12O4. The molecule has 0 saturated carbocycles. The molecule has 0 spiro atoms. The molecule has 0 saturated heterocycles. The van der Waals surface area contributed by atoms with E-state index in [1.54, 1.807) is 13.8 Å². The largest absolute Gasteiger partial charge is 0.480 e. The minimum atomic E-state index is -1.48. The highest BCUT2D eigenvalue weighted by Gasteiger charge is 2.31. The van der Waals surface area contributed by atoms with Crippen LogP contribution in [0.2, 0.25) is 0 Å². The van der Waals surface area contributed by atoms with E-state index in [4.69, 9.17) is 5.11 Å². The fourth-order valence-electron chi connectivity index (χ4n) is 0.829. The van der Waals surface area contributed by atoms with Gasteiger partial charge < -0.3 is 5.11 Å². The van der Waals surface area contributed by atoms with Gasteiger partial charge in [-0.3, -0.25) is 14.4 Å². The molecular weight excluding hydrogens is 160 g/mol. The smallest absolute Gasteiger partial charge is 0.321 e. The van der Waals surface area contributed by atoms with E-state index in [0.29, 0.717) is 0 Å². The van der Waals surface area contributed by atoms with E-state index >= 15 is 0 Å². The maximum absolute atomic E-state index is 11.1. The average molecular weight is 172 g/mol. The van der Waals surface area contributed by atoms with Gasteiger partial charge in [-0.2, -0.15) is 0 Å². The Labute approximate surface area is 70.6 Å². The van der Waals surface area contributed by atoms with Crippen LogP contribution in [0.25, 0.3) is 0 Å². The maximum Gasteiger partial charge on any atom is 0.321 e. The van der Waals surface area contributed by atoms with Gasteiger partial charge in [0.15, 0.2) is 17.5 Å². The van der Waals surface area contributed by atoms with E-state index in [9.17, 15) is 14.4 Å². The molecule has 0 heterocycles. The first-order valence-electron chi connectivity index (χ1n) is 3.65. The van der Waals surface area contributed by atoms with Gasteiger partial charge in [0.25, 0.3) is 0 Å². The van der Waals surface area contributed by atoms with Crippen LogP contribution in [-0.2, 0) is 14.4 Å². The van der Waals surface area contributed by atoms with Crippen LogP contribution in [0.15, 0.2) is 0 Å². The Hall–Kier alpha value is -1.19. The van der Waals surface area contributed by atoms with Crippen molar-refractivity contribution in [2.75, 3.05) is 0 Å². The van der Waals surface area contributed by atoms with Crippen LogP contribution in [0.5, 0.6) is 0 Å². The topological polar surface area (TPSA) is 71.4 Å². The van der Waals surface area contributed by atoms with Crippen molar-refractivity contribution in [3.8, 4) is 0 Å². The summed E-state index contributed by atoms with van der Waals surface area (Å²) < 4.78 is 0. The van der Waals surface area contributed by atoms with Gasteiger partial charge >= 0.3 is 5.97 Å². The van der Waals surface area contributed by atoms with Crippen molar-refractivity contribution < 1.29 is 19.5 Å². The van der Waals surface area contributed by atoms with Crippen molar-refractivity contribution >= 4 is 17.5 Å². The molecule has 0 aliphatic carbocycles. The molecule has 0 fully saturated rings. The lowest BCUT2D eigenvalue weighted by atomic mass is 9.92. The Kier molecular flexibility index (Phi) is 3.60. The van der Waals surface area contributed by atoms with Gasteiger partial charge in [0.05, 0.1) is 0 Å². The quantitative estimate of drug-likeness (QED) is 0.627. The number of rotatable bonds is 4. The van der Waals surface area contributed by atoms with Gasteiger partial charge in [0.1, 0.15) is 0 Å². The molecule has 0 aliphatic rings. The van der Waals surface area contributed by atoms with E-state index < -0.39 is 29.4 Å². The highest BCUT2D eigenvalue weighted by atomic mass is 16.4. The van der Waals surface area contributed by atoms with E-state index in [-0.39, 0.29) is 0 Å². The molecule has 1 unspecified atom stereocenters. The van der Waals surface area contributed by atoms with Crippen molar-refractivity contribution in [1.82, 2.24) is 0 Å². The molecule has 68 valence electrons. The summed E-state index contributed by atoms with van der Waals surface area (Å²) in [6.07, 6.45) is 0. The first-order chi connectivity index (χ1) is 5.37. The van der Waals surface area contributed by atoms with Gasteiger partial charge in [-0.1, -0.05) is 13.8 Å². The average Bonchev–Trinajstić information content (AvgIpc) is 1.85. The van der Waals surface area contributed by atoms with Crippen LogP contribution in [0.4, 0.5) is 0 Å². The third kappa shape index (κ3) is 2.45. The number of hydrogen-bond donors (Lipinski definition) is 1. The second-order valence-electron chi connectivity index (χ2n) is 2.94. The molecule has 4 heteroatoms. The molecule has 0 rings (SSSR count). The van der Waals surface area contributed by atoms with E-state index in [0.717, 1.165) is 6.92 Å². The van der Waals surface area contributed by atoms with Crippen LogP contribution in [-0.4, -0.2) is 22.6 Å². The summed E-state index contributed by atoms with van der Waals surface area (Å²) in [5.41, 5.74) is 0. The summed E-state index contributed by atoms with van der Waals surface area (Å²) in [5.74, 6) is -4.41. The number of ketones is 2. The summed E-state index contributed by atoms with van der Waals surface area (Å²) in [4.78, 5) is 32.3. The van der Waals surface area contributed by atoms with Gasteiger partial charge in [-0.15, -0.1) is 0 Å². The monoisotopic (exact) mass is 172 g/mol. The van der Waals surface area contributed by atoms with E-state index in [1.807, 2.05) is 0 Å². The standard InChI is InChI=1S/C8H12O4/c1-4(2)7(10)6(5(3)9)8(11)12/h4,6H,1-3H3,(H,11,12). The Morgan fingerprint density at radius 3 is 1.67 bits per heavy atom. The van der Waals surface area contributed by atoms with E-state index in [2.05, 4.69) is 0 Å².